The van der Waals surface area contributed by atoms with Crippen LogP contribution in [-0.2, 0) is 9.53 Å². The van der Waals surface area contributed by atoms with Crippen LogP contribution in [0.5, 0.6) is 0 Å². The summed E-state index contributed by atoms with van der Waals surface area (Å²) in [5, 5.41) is 14.2. The summed E-state index contributed by atoms with van der Waals surface area (Å²) >= 11 is 1.64. The van der Waals surface area contributed by atoms with Crippen LogP contribution in [0.4, 0.5) is 5.69 Å². The Labute approximate surface area is 173 Å². The molecule has 0 aliphatic carbocycles. The number of nitrogens with one attached hydrogen (secondary N) is 1. The molecule has 0 aliphatic heterocycles. The third-order valence-corrected chi connectivity index (χ3v) is 5.22. The topological polar surface area (TPSA) is 82.3 Å². The van der Waals surface area contributed by atoms with E-state index in [0.29, 0.717) is 10.4 Å². The quantitative estimate of drug-likeness (QED) is 0.380. The van der Waals surface area contributed by atoms with Gasteiger partial charge in [-0.2, -0.15) is 4.73 Å². The first-order chi connectivity index (χ1) is 13.9. The first-order valence-electron chi connectivity index (χ1n) is 8.93. The number of hydrogen-bond acceptors (Lipinski definition) is 5. The maximum atomic E-state index is 12.0. The van der Waals surface area contributed by atoms with Crippen LogP contribution in [0.3, 0.4) is 0 Å². The van der Waals surface area contributed by atoms with Gasteiger partial charge in [0.2, 0.25) is 0 Å². The normalized spacial score (nSPS) is 10.4. The molecule has 0 saturated carbocycles. The van der Waals surface area contributed by atoms with Gasteiger partial charge in [-0.05, 0) is 67.4 Å². The van der Waals surface area contributed by atoms with Crippen molar-refractivity contribution in [3.63, 3.8) is 0 Å². The van der Waals surface area contributed by atoms with Crippen molar-refractivity contribution in [1.29, 1.82) is 0 Å². The Morgan fingerprint density at radius 2 is 1.72 bits per heavy atom. The summed E-state index contributed by atoms with van der Waals surface area (Å²) in [6.07, 6.45) is 1.19. The molecular formula is C22H20N2O4S. The van der Waals surface area contributed by atoms with Gasteiger partial charge in [0, 0.05) is 27.6 Å². The van der Waals surface area contributed by atoms with E-state index in [1.54, 1.807) is 30.0 Å². The first-order valence-corrected chi connectivity index (χ1v) is 9.74. The second kappa shape index (κ2) is 9.25. The summed E-state index contributed by atoms with van der Waals surface area (Å²) in [4.78, 5) is 26.0. The van der Waals surface area contributed by atoms with Gasteiger partial charge in [0.1, 0.15) is 0 Å². The minimum atomic E-state index is -0.851. The fourth-order valence-corrected chi connectivity index (χ4v) is 3.42. The summed E-state index contributed by atoms with van der Waals surface area (Å²) in [5.74, 6) is -1.34. The monoisotopic (exact) mass is 408 g/mol. The molecular weight excluding hydrogens is 388 g/mol. The van der Waals surface area contributed by atoms with Gasteiger partial charge in [0.15, 0.2) is 12.8 Å². The minimum Gasteiger partial charge on any atom is -0.618 e. The van der Waals surface area contributed by atoms with Crippen molar-refractivity contribution in [2.75, 3.05) is 11.9 Å². The van der Waals surface area contributed by atoms with Crippen LogP contribution < -0.4 is 10.0 Å². The number of benzene rings is 2. The van der Waals surface area contributed by atoms with Crippen LogP contribution >= 0.6 is 11.8 Å². The van der Waals surface area contributed by atoms with Gasteiger partial charge in [-0.3, -0.25) is 4.79 Å². The molecule has 0 bridgehead atoms. The van der Waals surface area contributed by atoms with E-state index in [9.17, 15) is 14.8 Å². The van der Waals surface area contributed by atoms with Crippen molar-refractivity contribution in [2.45, 2.75) is 23.6 Å². The molecule has 0 atom stereocenters. The number of pyridine rings is 1. The molecule has 1 heterocycles. The number of carbonyl (C=O) groups is 2. The number of aryl methyl sites for hydroxylation is 2. The summed E-state index contributed by atoms with van der Waals surface area (Å²) in [6.45, 7) is 3.68. The third-order valence-electron chi connectivity index (χ3n) is 4.22. The smallest absolute Gasteiger partial charge is 0.405 e. The number of aromatic nitrogens is 1. The Morgan fingerprint density at radius 3 is 2.41 bits per heavy atom. The van der Waals surface area contributed by atoms with Gasteiger partial charge in [-0.15, -0.1) is 0 Å². The second-order valence-corrected chi connectivity index (χ2v) is 7.56. The van der Waals surface area contributed by atoms with Gasteiger partial charge < -0.3 is 15.3 Å². The van der Waals surface area contributed by atoms with E-state index in [0.717, 1.165) is 9.79 Å². The molecule has 0 spiro atoms. The van der Waals surface area contributed by atoms with E-state index in [2.05, 4.69) is 37.4 Å². The lowest BCUT2D eigenvalue weighted by Crippen LogP contribution is -2.35. The molecule has 0 aliphatic rings. The maximum Gasteiger partial charge on any atom is 0.405 e. The fourth-order valence-electron chi connectivity index (χ4n) is 2.51. The molecule has 3 rings (SSSR count). The van der Waals surface area contributed by atoms with E-state index in [1.807, 2.05) is 12.1 Å². The molecule has 3 aromatic rings. The van der Waals surface area contributed by atoms with Gasteiger partial charge in [0.25, 0.3) is 5.91 Å². The average Bonchev–Trinajstić information content (AvgIpc) is 2.71. The van der Waals surface area contributed by atoms with Crippen molar-refractivity contribution >= 4 is 29.3 Å². The molecule has 0 fully saturated rings. The van der Waals surface area contributed by atoms with Gasteiger partial charge in [-0.25, -0.2) is 4.79 Å². The zero-order valence-electron chi connectivity index (χ0n) is 16.0. The molecule has 0 radical (unpaired) electrons. The Hall–Kier alpha value is -3.32. The Morgan fingerprint density at radius 1 is 1.00 bits per heavy atom. The second-order valence-electron chi connectivity index (χ2n) is 6.41. The SMILES string of the molecule is Cc1ccc(Sc2ccc(NC(=O)COC(=O)c3cccc[n+]3[O-])cc2)cc1C. The van der Waals surface area contributed by atoms with Crippen molar-refractivity contribution in [3.8, 4) is 0 Å². The number of amides is 1. The standard InChI is InChI=1S/C22H20N2O4S/c1-15-6-9-19(13-16(15)2)29-18-10-7-17(8-11-18)23-21(25)14-28-22(26)20-5-3-4-12-24(20)27/h3-13H,14H2,1-2H3,(H,23,25). The molecule has 0 saturated heterocycles. The summed E-state index contributed by atoms with van der Waals surface area (Å²) < 4.78 is 5.29. The predicted molar refractivity (Wildman–Crippen MR) is 111 cm³/mol. The number of rotatable bonds is 6. The number of nitrogens with zero attached hydrogens (tertiary/aromatic N) is 1. The molecule has 0 unspecified atom stereocenters. The molecule has 148 valence electrons. The molecule has 7 heteroatoms. The van der Waals surface area contributed by atoms with Crippen molar-refractivity contribution in [1.82, 2.24) is 0 Å². The van der Waals surface area contributed by atoms with E-state index >= 15 is 0 Å². The first kappa shape index (κ1) is 20.4. The molecule has 6 nitrogen and oxygen atoms in total. The van der Waals surface area contributed by atoms with E-state index in [-0.39, 0.29) is 5.69 Å². The molecule has 1 amide bonds. The van der Waals surface area contributed by atoms with E-state index in [1.165, 1.54) is 29.5 Å². The maximum absolute atomic E-state index is 12.0. The Bertz CT molecular complexity index is 1040. The fraction of sp³-hybridized carbons (Fsp3) is 0.136. The van der Waals surface area contributed by atoms with Crippen LogP contribution in [0.25, 0.3) is 0 Å². The summed E-state index contributed by atoms with van der Waals surface area (Å²) in [6, 6.07) is 18.1. The van der Waals surface area contributed by atoms with Crippen molar-refractivity contribution in [2.24, 2.45) is 0 Å². The van der Waals surface area contributed by atoms with Crippen LogP contribution in [0, 0.1) is 19.1 Å². The number of anilines is 1. The number of esters is 1. The molecule has 2 aromatic carbocycles. The highest BCUT2D eigenvalue weighted by Crippen LogP contribution is 2.29. The van der Waals surface area contributed by atoms with Gasteiger partial charge >= 0.3 is 11.7 Å². The Balaban J connectivity index is 1.52. The van der Waals surface area contributed by atoms with E-state index in [4.69, 9.17) is 4.74 Å². The molecule has 1 aromatic heterocycles. The zero-order chi connectivity index (χ0) is 20.8. The number of hydrogen-bond donors (Lipinski definition) is 1. The third kappa shape index (κ3) is 5.58. The largest absolute Gasteiger partial charge is 0.618 e. The Kier molecular flexibility index (Phi) is 6.51. The minimum absolute atomic E-state index is 0.173. The van der Waals surface area contributed by atoms with Crippen LogP contribution in [0.1, 0.15) is 21.6 Å². The lowest BCUT2D eigenvalue weighted by molar-refractivity contribution is -0.608. The zero-order valence-corrected chi connectivity index (χ0v) is 16.9. The number of carbonyl (C=O) groups excluding carboxylic acids is 2. The van der Waals surface area contributed by atoms with Crippen LogP contribution in [0.15, 0.2) is 76.7 Å². The van der Waals surface area contributed by atoms with E-state index < -0.39 is 18.5 Å². The summed E-state index contributed by atoms with van der Waals surface area (Å²) in [7, 11) is 0. The molecule has 29 heavy (non-hydrogen) atoms. The summed E-state index contributed by atoms with van der Waals surface area (Å²) in [5.41, 5.74) is 2.92. The van der Waals surface area contributed by atoms with Gasteiger partial charge in [-0.1, -0.05) is 17.8 Å². The van der Waals surface area contributed by atoms with Crippen LogP contribution in [-0.4, -0.2) is 18.5 Å². The highest BCUT2D eigenvalue weighted by atomic mass is 32.2. The van der Waals surface area contributed by atoms with Gasteiger partial charge in [0.05, 0.1) is 0 Å². The average molecular weight is 408 g/mol. The lowest BCUT2D eigenvalue weighted by atomic mass is 10.1. The van der Waals surface area contributed by atoms with Crippen LogP contribution in [0.2, 0.25) is 0 Å². The number of ether oxygens (including phenoxy) is 1. The predicted octanol–water partition coefficient (Wildman–Crippen LogP) is 3.88. The lowest BCUT2D eigenvalue weighted by Gasteiger charge is -2.08. The highest BCUT2D eigenvalue weighted by Gasteiger charge is 2.18. The van der Waals surface area contributed by atoms with Crippen molar-refractivity contribution < 1.29 is 19.1 Å². The molecule has 1 N–H and O–H groups in total. The highest BCUT2D eigenvalue weighted by molar-refractivity contribution is 7.99. The van der Waals surface area contributed by atoms with Crippen molar-refractivity contribution in [3.05, 3.63) is 88.9 Å².